The molecule has 1 aliphatic rings. The third kappa shape index (κ3) is 4.01. The zero-order valence-electron chi connectivity index (χ0n) is 13.2. The molecule has 1 aliphatic heterocycles. The fraction of sp³-hybridized carbons (Fsp3) is 0.643. The average molecular weight is 329 g/mol. The van der Waals surface area contributed by atoms with Crippen LogP contribution in [0.3, 0.4) is 0 Å². The summed E-state index contributed by atoms with van der Waals surface area (Å²) in [6.45, 7) is 2.78. The van der Waals surface area contributed by atoms with Crippen molar-refractivity contribution in [1.29, 1.82) is 0 Å². The van der Waals surface area contributed by atoms with Crippen molar-refractivity contribution in [3.05, 3.63) is 24.2 Å². The first-order chi connectivity index (χ1) is 10.3. The van der Waals surface area contributed by atoms with E-state index in [-0.39, 0.29) is 18.1 Å². The van der Waals surface area contributed by atoms with Gasteiger partial charge in [0.05, 0.1) is 18.6 Å². The Balaban J connectivity index is 1.85. The number of hydrogen-bond donors (Lipinski definition) is 1. The van der Waals surface area contributed by atoms with Crippen molar-refractivity contribution in [2.75, 3.05) is 26.4 Å². The molecule has 1 N–H and O–H groups in total. The van der Waals surface area contributed by atoms with Crippen LogP contribution in [0.4, 0.5) is 4.79 Å². The quantitative estimate of drug-likeness (QED) is 0.905. The van der Waals surface area contributed by atoms with Gasteiger partial charge < -0.3 is 14.6 Å². The van der Waals surface area contributed by atoms with E-state index >= 15 is 0 Å². The number of nitrogens with zero attached hydrogens (tertiary/aromatic N) is 2. The van der Waals surface area contributed by atoms with Crippen molar-refractivity contribution in [3.63, 3.8) is 0 Å². The average Bonchev–Trinajstić information content (AvgIpc) is 2.99. The molecule has 2 rings (SSSR count). The van der Waals surface area contributed by atoms with E-state index in [0.717, 1.165) is 5.76 Å². The highest BCUT2D eigenvalue weighted by molar-refractivity contribution is 7.88. The van der Waals surface area contributed by atoms with E-state index in [1.165, 1.54) is 10.6 Å². The Bertz CT molecular complexity index is 592. The number of carbonyl (C=O) groups excluding carboxylic acids is 1. The Kier molecular flexibility index (Phi) is 5.12. The largest absolute Gasteiger partial charge is 0.467 e. The van der Waals surface area contributed by atoms with Gasteiger partial charge in [-0.1, -0.05) is 0 Å². The first-order valence-electron chi connectivity index (χ1n) is 7.31. The number of carbonyl (C=O) groups is 1. The van der Waals surface area contributed by atoms with Gasteiger partial charge in [-0.3, -0.25) is 0 Å². The van der Waals surface area contributed by atoms with Crippen molar-refractivity contribution in [2.45, 2.75) is 31.8 Å². The zero-order valence-corrected chi connectivity index (χ0v) is 14.0. The third-order valence-electron chi connectivity index (χ3n) is 4.11. The number of nitrogens with one attached hydrogen (secondary N) is 1. The fourth-order valence-corrected chi connectivity index (χ4v) is 3.38. The van der Waals surface area contributed by atoms with Crippen LogP contribution in [0.2, 0.25) is 0 Å². The lowest BCUT2D eigenvalue weighted by Crippen LogP contribution is -2.49. The lowest BCUT2D eigenvalue weighted by molar-refractivity contribution is 0.177. The summed E-state index contributed by atoms with van der Waals surface area (Å²) in [5.41, 5.74) is 0. The molecular weight excluding hydrogens is 306 g/mol. The summed E-state index contributed by atoms with van der Waals surface area (Å²) >= 11 is 0. The second-order valence-electron chi connectivity index (χ2n) is 5.69. The molecule has 2 amide bonds. The van der Waals surface area contributed by atoms with Gasteiger partial charge in [0.1, 0.15) is 5.76 Å². The van der Waals surface area contributed by atoms with Crippen LogP contribution in [0, 0.1) is 0 Å². The lowest BCUT2D eigenvalue weighted by Gasteiger charge is -2.32. The fourth-order valence-electron chi connectivity index (χ4n) is 2.50. The van der Waals surface area contributed by atoms with Crippen LogP contribution >= 0.6 is 0 Å². The SMILES string of the molecule is CC(c1ccco1)N(C)C(=O)NC1CCN(S(C)(=O)=O)CC1. The minimum atomic E-state index is -3.14. The van der Waals surface area contributed by atoms with E-state index in [2.05, 4.69) is 5.32 Å². The smallest absolute Gasteiger partial charge is 0.317 e. The lowest BCUT2D eigenvalue weighted by atomic mass is 10.1. The number of rotatable bonds is 4. The van der Waals surface area contributed by atoms with Crippen molar-refractivity contribution >= 4 is 16.1 Å². The van der Waals surface area contributed by atoms with Gasteiger partial charge in [0.2, 0.25) is 10.0 Å². The minimum Gasteiger partial charge on any atom is -0.467 e. The second-order valence-corrected chi connectivity index (χ2v) is 7.67. The molecule has 8 heteroatoms. The van der Waals surface area contributed by atoms with Crippen LogP contribution in [-0.4, -0.2) is 56.1 Å². The molecular formula is C14H23N3O4S. The second kappa shape index (κ2) is 6.70. The molecule has 0 saturated carbocycles. The molecule has 1 aromatic rings. The molecule has 0 radical (unpaired) electrons. The van der Waals surface area contributed by atoms with E-state index in [0.29, 0.717) is 25.9 Å². The van der Waals surface area contributed by atoms with Crippen LogP contribution in [0.15, 0.2) is 22.8 Å². The molecule has 0 aromatic carbocycles. The minimum absolute atomic E-state index is 0.00301. The number of hydrogen-bond acceptors (Lipinski definition) is 4. The summed E-state index contributed by atoms with van der Waals surface area (Å²) < 4.78 is 29.7. The molecule has 1 fully saturated rings. The van der Waals surface area contributed by atoms with Crippen LogP contribution in [0.1, 0.15) is 31.6 Å². The first-order valence-corrected chi connectivity index (χ1v) is 9.15. The Morgan fingerprint density at radius 3 is 2.59 bits per heavy atom. The maximum absolute atomic E-state index is 12.3. The van der Waals surface area contributed by atoms with E-state index in [1.54, 1.807) is 24.3 Å². The Hall–Kier alpha value is -1.54. The molecule has 1 aromatic heterocycles. The summed E-state index contributed by atoms with van der Waals surface area (Å²) in [5.74, 6) is 0.726. The van der Waals surface area contributed by atoms with Crippen LogP contribution < -0.4 is 5.32 Å². The summed E-state index contributed by atoms with van der Waals surface area (Å²) in [6, 6.07) is 3.28. The first kappa shape index (κ1) is 16.8. The number of amides is 2. The molecule has 1 unspecified atom stereocenters. The van der Waals surface area contributed by atoms with E-state index < -0.39 is 10.0 Å². The van der Waals surface area contributed by atoms with Gasteiger partial charge in [0, 0.05) is 26.2 Å². The maximum atomic E-state index is 12.3. The molecule has 124 valence electrons. The third-order valence-corrected chi connectivity index (χ3v) is 5.41. The zero-order chi connectivity index (χ0) is 16.3. The number of urea groups is 1. The molecule has 7 nitrogen and oxygen atoms in total. The Morgan fingerprint density at radius 1 is 1.45 bits per heavy atom. The predicted octanol–water partition coefficient (Wildman–Crippen LogP) is 1.41. The van der Waals surface area contributed by atoms with Crippen molar-refractivity contribution in [1.82, 2.24) is 14.5 Å². The van der Waals surface area contributed by atoms with Crippen molar-refractivity contribution in [2.24, 2.45) is 0 Å². The molecule has 0 spiro atoms. The van der Waals surface area contributed by atoms with E-state index in [9.17, 15) is 13.2 Å². The molecule has 1 atom stereocenters. The Labute approximate surface area is 131 Å². The summed E-state index contributed by atoms with van der Waals surface area (Å²) in [5, 5.41) is 2.96. The van der Waals surface area contributed by atoms with Gasteiger partial charge in [-0.25, -0.2) is 17.5 Å². The van der Waals surface area contributed by atoms with Crippen LogP contribution in [0.5, 0.6) is 0 Å². The van der Waals surface area contributed by atoms with Gasteiger partial charge in [-0.05, 0) is 31.9 Å². The van der Waals surface area contributed by atoms with Crippen molar-refractivity contribution in [3.8, 4) is 0 Å². The van der Waals surface area contributed by atoms with Gasteiger partial charge in [0.25, 0.3) is 0 Å². The predicted molar refractivity (Wildman–Crippen MR) is 82.9 cm³/mol. The highest BCUT2D eigenvalue weighted by atomic mass is 32.2. The van der Waals surface area contributed by atoms with Crippen molar-refractivity contribution < 1.29 is 17.6 Å². The summed E-state index contributed by atoms with van der Waals surface area (Å²) in [4.78, 5) is 13.9. The topological polar surface area (TPSA) is 82.9 Å². The van der Waals surface area contributed by atoms with E-state index in [1.807, 2.05) is 13.0 Å². The maximum Gasteiger partial charge on any atom is 0.317 e. The Morgan fingerprint density at radius 2 is 2.09 bits per heavy atom. The molecule has 0 bridgehead atoms. The van der Waals surface area contributed by atoms with Gasteiger partial charge >= 0.3 is 6.03 Å². The van der Waals surface area contributed by atoms with Gasteiger partial charge in [-0.2, -0.15) is 0 Å². The standard InChI is InChI=1S/C14H23N3O4S/c1-11(13-5-4-10-21-13)16(2)14(18)15-12-6-8-17(9-7-12)22(3,19)20/h4-5,10-12H,6-9H2,1-3H3,(H,15,18). The van der Waals surface area contributed by atoms with Gasteiger partial charge in [-0.15, -0.1) is 0 Å². The molecule has 0 aliphatic carbocycles. The highest BCUT2D eigenvalue weighted by Crippen LogP contribution is 2.20. The highest BCUT2D eigenvalue weighted by Gasteiger charge is 2.27. The normalized spacial score (nSPS) is 18.9. The molecule has 22 heavy (non-hydrogen) atoms. The van der Waals surface area contributed by atoms with Crippen LogP contribution in [-0.2, 0) is 10.0 Å². The summed E-state index contributed by atoms with van der Waals surface area (Å²) in [6.07, 6.45) is 4.05. The van der Waals surface area contributed by atoms with Gasteiger partial charge in [0.15, 0.2) is 0 Å². The molecule has 2 heterocycles. The monoisotopic (exact) mass is 329 g/mol. The number of sulfonamides is 1. The van der Waals surface area contributed by atoms with Crippen LogP contribution in [0.25, 0.3) is 0 Å². The number of piperidine rings is 1. The number of furan rings is 1. The van der Waals surface area contributed by atoms with E-state index in [4.69, 9.17) is 4.42 Å². The molecule has 1 saturated heterocycles. The summed E-state index contributed by atoms with van der Waals surface area (Å²) in [7, 11) is -1.42.